The minimum absolute atomic E-state index is 0.148. The van der Waals surface area contributed by atoms with Crippen molar-refractivity contribution < 1.29 is 42.9 Å². The second-order valence-electron chi connectivity index (χ2n) is 23.1. The van der Waals surface area contributed by atoms with Gasteiger partial charge in [-0.1, -0.05) is 282 Å². The lowest BCUT2D eigenvalue weighted by atomic mass is 10.0. The summed E-state index contributed by atoms with van der Waals surface area (Å²) in [4.78, 5) is 37.3. The fraction of sp³-hybridized carbons (Fsp3) is 0.892. The average molecular weight is 1050 g/mol. The monoisotopic (exact) mass is 1050 g/mol. The fourth-order valence-electron chi connectivity index (χ4n) is 9.51. The molecule has 0 saturated heterocycles. The molecule has 9 nitrogen and oxygen atoms in total. The van der Waals surface area contributed by atoms with Crippen LogP contribution in [0.5, 0.6) is 0 Å². The van der Waals surface area contributed by atoms with Crippen LogP contribution in [0.1, 0.15) is 316 Å². The Kier molecular flexibility index (Phi) is 55.2. The Labute approximate surface area is 458 Å². The highest BCUT2D eigenvalue weighted by Crippen LogP contribution is 2.18. The van der Waals surface area contributed by atoms with Crippen molar-refractivity contribution in [3.8, 4) is 0 Å². The summed E-state index contributed by atoms with van der Waals surface area (Å²) >= 11 is 0. The highest BCUT2D eigenvalue weighted by molar-refractivity contribution is 5.70. The molecule has 0 amide bonds. The number of aliphatic carboxylic acids is 1. The number of quaternary nitrogens is 1. The van der Waals surface area contributed by atoms with E-state index < -0.39 is 24.3 Å². The van der Waals surface area contributed by atoms with E-state index >= 15 is 0 Å². The summed E-state index contributed by atoms with van der Waals surface area (Å²) in [6.07, 6.45) is 65.4. The molecule has 0 saturated carbocycles. The highest BCUT2D eigenvalue weighted by atomic mass is 16.7. The molecule has 0 fully saturated rings. The van der Waals surface area contributed by atoms with Gasteiger partial charge in [-0.15, -0.1) is 0 Å². The number of likely N-dealkylation sites (N-methyl/N-ethyl adjacent to an activating group) is 1. The van der Waals surface area contributed by atoms with Crippen molar-refractivity contribution in [2.24, 2.45) is 0 Å². The van der Waals surface area contributed by atoms with Gasteiger partial charge in [0.15, 0.2) is 12.4 Å². The number of hydrogen-bond donors (Lipinski definition) is 0. The van der Waals surface area contributed by atoms with Gasteiger partial charge in [0.1, 0.15) is 13.2 Å². The summed E-state index contributed by atoms with van der Waals surface area (Å²) in [5, 5.41) is 11.8. The van der Waals surface area contributed by atoms with Gasteiger partial charge in [0.25, 0.3) is 0 Å². The summed E-state index contributed by atoms with van der Waals surface area (Å²) in [5.41, 5.74) is 0. The first kappa shape index (κ1) is 71.8. The molecule has 0 bridgehead atoms. The second-order valence-corrected chi connectivity index (χ2v) is 23.1. The minimum Gasteiger partial charge on any atom is -0.545 e. The molecule has 2 unspecified atom stereocenters. The van der Waals surface area contributed by atoms with Gasteiger partial charge in [0, 0.05) is 12.8 Å². The lowest BCUT2D eigenvalue weighted by Crippen LogP contribution is -2.44. The van der Waals surface area contributed by atoms with Crippen LogP contribution in [0.15, 0.2) is 24.3 Å². The van der Waals surface area contributed by atoms with Crippen LogP contribution in [0.25, 0.3) is 0 Å². The van der Waals surface area contributed by atoms with Gasteiger partial charge >= 0.3 is 11.9 Å². The number of carbonyl (C=O) groups is 3. The smallest absolute Gasteiger partial charge is 0.306 e. The minimum atomic E-state index is -1.62. The zero-order valence-corrected chi connectivity index (χ0v) is 49.7. The standard InChI is InChI=1S/C65H123NO8/c1-6-8-10-12-14-16-18-20-22-24-25-26-27-28-29-30-31-32-33-34-35-36-37-38-40-41-43-45-47-49-51-53-55-62(67)72-59-61(60-73-65(64(69)70)71-58-57-66(3,4)5)74-63(68)56-54-52-50-48-46-44-42-39-23-21-19-17-15-13-11-9-7-2/h15,17,21,23,61,65H,6-14,16,18-20,22,24-60H2,1-5H3/b17-15-,23-21-. The molecule has 9 heteroatoms. The first-order valence-electron chi connectivity index (χ1n) is 32.0. The number of carbonyl (C=O) groups excluding carboxylic acids is 3. The van der Waals surface area contributed by atoms with Crippen LogP contribution in [-0.2, 0) is 33.3 Å². The van der Waals surface area contributed by atoms with E-state index in [1.165, 1.54) is 231 Å². The van der Waals surface area contributed by atoms with Crippen LogP contribution in [0.2, 0.25) is 0 Å². The fourth-order valence-corrected chi connectivity index (χ4v) is 9.51. The molecular formula is C65H123NO8. The van der Waals surface area contributed by atoms with Crippen molar-refractivity contribution in [2.75, 3.05) is 47.5 Å². The number of allylic oxidation sites excluding steroid dienone is 4. The van der Waals surface area contributed by atoms with Gasteiger partial charge < -0.3 is 33.3 Å². The molecule has 0 aromatic rings. The van der Waals surface area contributed by atoms with Crippen LogP contribution < -0.4 is 5.11 Å². The third-order valence-electron chi connectivity index (χ3n) is 14.5. The van der Waals surface area contributed by atoms with Gasteiger partial charge in [0.2, 0.25) is 0 Å². The Bertz CT molecular complexity index is 1260. The molecular weight excluding hydrogens is 923 g/mol. The normalized spacial score (nSPS) is 12.8. The maximum atomic E-state index is 12.8. The number of hydrogen-bond acceptors (Lipinski definition) is 8. The first-order valence-corrected chi connectivity index (χ1v) is 32.0. The summed E-state index contributed by atoms with van der Waals surface area (Å²) in [7, 11) is 5.93. The topological polar surface area (TPSA) is 111 Å². The molecule has 0 aromatic heterocycles. The molecule has 0 heterocycles. The molecule has 2 atom stereocenters. The first-order chi connectivity index (χ1) is 36.1. The molecule has 0 spiro atoms. The number of carboxylic acid groups (broad SMARTS) is 1. The van der Waals surface area contributed by atoms with Gasteiger partial charge in [-0.25, -0.2) is 0 Å². The number of nitrogens with zero attached hydrogens (tertiary/aromatic N) is 1. The second kappa shape index (κ2) is 57.0. The Morgan fingerprint density at radius 3 is 1.09 bits per heavy atom. The van der Waals surface area contributed by atoms with E-state index in [2.05, 4.69) is 38.2 Å². The van der Waals surface area contributed by atoms with Crippen molar-refractivity contribution in [3.63, 3.8) is 0 Å². The van der Waals surface area contributed by atoms with Crippen molar-refractivity contribution in [3.05, 3.63) is 24.3 Å². The summed E-state index contributed by atoms with van der Waals surface area (Å²) in [5.74, 6) is -2.27. The van der Waals surface area contributed by atoms with E-state index in [4.69, 9.17) is 18.9 Å². The van der Waals surface area contributed by atoms with Gasteiger partial charge in [-0.2, -0.15) is 0 Å². The van der Waals surface area contributed by atoms with Crippen molar-refractivity contribution in [1.82, 2.24) is 0 Å². The largest absolute Gasteiger partial charge is 0.545 e. The lowest BCUT2D eigenvalue weighted by Gasteiger charge is -2.26. The van der Waals surface area contributed by atoms with E-state index in [1.54, 1.807) is 0 Å². The van der Waals surface area contributed by atoms with Crippen molar-refractivity contribution in [1.29, 1.82) is 0 Å². The average Bonchev–Trinajstić information content (AvgIpc) is 3.37. The van der Waals surface area contributed by atoms with E-state index in [1.807, 2.05) is 21.1 Å². The van der Waals surface area contributed by atoms with Crippen LogP contribution in [-0.4, -0.2) is 82.3 Å². The predicted octanol–water partition coefficient (Wildman–Crippen LogP) is 17.7. The summed E-state index contributed by atoms with van der Waals surface area (Å²) in [6.45, 7) is 4.77. The van der Waals surface area contributed by atoms with E-state index in [9.17, 15) is 19.5 Å². The van der Waals surface area contributed by atoms with Gasteiger partial charge in [0.05, 0.1) is 40.3 Å². The molecule has 0 N–H and O–H groups in total. The Morgan fingerprint density at radius 1 is 0.405 bits per heavy atom. The van der Waals surface area contributed by atoms with Crippen molar-refractivity contribution in [2.45, 2.75) is 328 Å². The number of esters is 2. The third kappa shape index (κ3) is 57.5. The van der Waals surface area contributed by atoms with Crippen LogP contribution in [0.4, 0.5) is 0 Å². The zero-order valence-electron chi connectivity index (χ0n) is 49.7. The molecule has 0 radical (unpaired) electrons. The molecule has 74 heavy (non-hydrogen) atoms. The maximum Gasteiger partial charge on any atom is 0.306 e. The van der Waals surface area contributed by atoms with Crippen LogP contribution in [0, 0.1) is 0 Å². The number of unbranched alkanes of at least 4 members (excludes halogenated alkanes) is 41. The van der Waals surface area contributed by atoms with Crippen molar-refractivity contribution >= 4 is 17.9 Å². The lowest BCUT2D eigenvalue weighted by molar-refractivity contribution is -0.870. The third-order valence-corrected chi connectivity index (χ3v) is 14.5. The summed E-state index contributed by atoms with van der Waals surface area (Å²) in [6, 6.07) is 0. The molecule has 0 aromatic carbocycles. The number of rotatable bonds is 60. The quantitative estimate of drug-likeness (QED) is 0.0195. The molecule has 0 rings (SSSR count). The van der Waals surface area contributed by atoms with Crippen LogP contribution >= 0.6 is 0 Å². The van der Waals surface area contributed by atoms with E-state index in [0.29, 0.717) is 23.9 Å². The highest BCUT2D eigenvalue weighted by Gasteiger charge is 2.22. The van der Waals surface area contributed by atoms with Crippen LogP contribution in [0.3, 0.4) is 0 Å². The Hall–Kier alpha value is -2.23. The predicted molar refractivity (Wildman–Crippen MR) is 311 cm³/mol. The van der Waals surface area contributed by atoms with Gasteiger partial charge in [-0.05, 0) is 44.9 Å². The zero-order chi connectivity index (χ0) is 54.1. The van der Waals surface area contributed by atoms with E-state index in [-0.39, 0.29) is 32.2 Å². The maximum absolute atomic E-state index is 12.8. The Balaban J connectivity index is 4.04. The molecule has 436 valence electrons. The summed E-state index contributed by atoms with van der Waals surface area (Å²) < 4.78 is 22.7. The molecule has 0 aliphatic rings. The SMILES string of the molecule is CCCCC/C=C\C/C=C\CCCCCCCCCC(=O)OC(COC(=O)CCCCCCCCCCCCCCCCCCCCCCCCCCCCCCCCCC)COC(OCC[N+](C)(C)C)C(=O)[O-]. The van der Waals surface area contributed by atoms with E-state index in [0.717, 1.165) is 51.4 Å². The Morgan fingerprint density at radius 2 is 0.730 bits per heavy atom. The molecule has 0 aliphatic heterocycles. The number of ether oxygens (including phenoxy) is 4. The number of carboxylic acids is 1. The van der Waals surface area contributed by atoms with Gasteiger partial charge in [-0.3, -0.25) is 9.59 Å². The molecule has 0 aliphatic carbocycles.